The number of hydrogen-bond acceptors (Lipinski definition) is 3. The van der Waals surface area contributed by atoms with Crippen molar-refractivity contribution in [3.8, 4) is 0 Å². The van der Waals surface area contributed by atoms with E-state index in [-0.39, 0.29) is 0 Å². The Morgan fingerprint density at radius 3 is 3.25 bits per heavy atom. The molecule has 1 aromatic heterocycles. The van der Waals surface area contributed by atoms with Crippen LogP contribution >= 0.6 is 0 Å². The Labute approximate surface area is 72.0 Å². The maximum absolute atomic E-state index is 4.12. The summed E-state index contributed by atoms with van der Waals surface area (Å²) in [5, 5.41) is 11.5. The molecule has 2 rings (SSSR count). The van der Waals surface area contributed by atoms with Gasteiger partial charge < -0.3 is 5.32 Å². The maximum atomic E-state index is 4.12. The van der Waals surface area contributed by atoms with E-state index in [2.05, 4.69) is 22.6 Å². The first kappa shape index (κ1) is 7.73. The van der Waals surface area contributed by atoms with Crippen LogP contribution in [0.15, 0.2) is 6.20 Å². The van der Waals surface area contributed by atoms with Crippen LogP contribution in [0.3, 0.4) is 0 Å². The van der Waals surface area contributed by atoms with Gasteiger partial charge in [-0.25, -0.2) is 0 Å². The molecule has 0 aromatic carbocycles. The molecular weight excluding hydrogens is 152 g/mol. The summed E-state index contributed by atoms with van der Waals surface area (Å²) in [4.78, 5) is 0. The summed E-state index contributed by atoms with van der Waals surface area (Å²) in [5.41, 5.74) is 1.09. The van der Waals surface area contributed by atoms with Crippen LogP contribution < -0.4 is 5.32 Å². The van der Waals surface area contributed by atoms with Crippen molar-refractivity contribution in [2.75, 3.05) is 6.54 Å². The van der Waals surface area contributed by atoms with Crippen molar-refractivity contribution in [2.24, 2.45) is 0 Å². The van der Waals surface area contributed by atoms with E-state index in [1.165, 1.54) is 12.8 Å². The smallest absolute Gasteiger partial charge is 0.0996 e. The maximum Gasteiger partial charge on any atom is 0.0996 e. The van der Waals surface area contributed by atoms with Crippen molar-refractivity contribution in [2.45, 2.75) is 32.4 Å². The van der Waals surface area contributed by atoms with E-state index in [4.69, 9.17) is 0 Å². The summed E-state index contributed by atoms with van der Waals surface area (Å²) in [5.74, 6) is 0. The first-order valence-electron chi connectivity index (χ1n) is 4.53. The van der Waals surface area contributed by atoms with Gasteiger partial charge in [0.05, 0.1) is 17.9 Å². The normalized spacial score (nSPS) is 23.2. The van der Waals surface area contributed by atoms with E-state index < -0.39 is 0 Å². The van der Waals surface area contributed by atoms with Crippen LogP contribution in [0.1, 0.15) is 31.5 Å². The Balaban J connectivity index is 2.11. The molecule has 1 aliphatic rings. The molecule has 0 aliphatic carbocycles. The lowest BCUT2D eigenvalue weighted by atomic mass is 10.2. The molecule has 4 nitrogen and oxygen atoms in total. The summed E-state index contributed by atoms with van der Waals surface area (Å²) in [6.45, 7) is 4.09. The minimum absolute atomic E-state index is 0.449. The van der Waals surface area contributed by atoms with Crippen molar-refractivity contribution < 1.29 is 0 Å². The van der Waals surface area contributed by atoms with Gasteiger partial charge in [0.2, 0.25) is 0 Å². The van der Waals surface area contributed by atoms with Gasteiger partial charge in [0.1, 0.15) is 0 Å². The highest BCUT2D eigenvalue weighted by Crippen LogP contribution is 2.20. The third-order valence-electron chi connectivity index (χ3n) is 2.30. The van der Waals surface area contributed by atoms with Crippen molar-refractivity contribution in [3.05, 3.63) is 11.9 Å². The summed E-state index contributed by atoms with van der Waals surface area (Å²) < 4.78 is 1.87. The highest BCUT2D eigenvalue weighted by Gasteiger charge is 2.18. The van der Waals surface area contributed by atoms with E-state index in [0.29, 0.717) is 6.04 Å². The van der Waals surface area contributed by atoms with Crippen LogP contribution in [0.2, 0.25) is 0 Å². The number of rotatable bonds is 2. The zero-order valence-electron chi connectivity index (χ0n) is 7.32. The Kier molecular flexibility index (Phi) is 2.08. The highest BCUT2D eigenvalue weighted by molar-refractivity contribution is 5.02. The molecule has 12 heavy (non-hydrogen) atoms. The van der Waals surface area contributed by atoms with Gasteiger partial charge in [0.25, 0.3) is 0 Å². The monoisotopic (exact) mass is 166 g/mol. The van der Waals surface area contributed by atoms with Gasteiger partial charge in [0, 0.05) is 6.54 Å². The van der Waals surface area contributed by atoms with Crippen LogP contribution in [0, 0.1) is 0 Å². The lowest BCUT2D eigenvalue weighted by molar-refractivity contribution is 0.616. The van der Waals surface area contributed by atoms with E-state index in [0.717, 1.165) is 18.8 Å². The van der Waals surface area contributed by atoms with E-state index in [1.54, 1.807) is 0 Å². The number of nitrogens with one attached hydrogen (secondary N) is 1. The molecular formula is C8H14N4. The molecule has 1 fully saturated rings. The fourth-order valence-electron chi connectivity index (χ4n) is 1.56. The van der Waals surface area contributed by atoms with Crippen LogP contribution in [0.4, 0.5) is 0 Å². The molecule has 66 valence electrons. The third kappa shape index (κ3) is 1.34. The predicted octanol–water partition coefficient (Wildman–Crippen LogP) is 0.722. The number of aromatic nitrogens is 3. The zero-order valence-corrected chi connectivity index (χ0v) is 7.32. The minimum atomic E-state index is 0.449. The van der Waals surface area contributed by atoms with Crippen LogP contribution in [-0.4, -0.2) is 21.5 Å². The lowest BCUT2D eigenvalue weighted by Gasteiger charge is -2.03. The van der Waals surface area contributed by atoms with Crippen molar-refractivity contribution >= 4 is 0 Å². The average molecular weight is 166 g/mol. The molecule has 0 saturated carbocycles. The van der Waals surface area contributed by atoms with Crippen molar-refractivity contribution in [1.29, 1.82) is 0 Å². The minimum Gasteiger partial charge on any atom is -0.309 e. The van der Waals surface area contributed by atoms with E-state index in [9.17, 15) is 0 Å². The van der Waals surface area contributed by atoms with Gasteiger partial charge in [-0.15, -0.1) is 5.10 Å². The molecule has 1 atom stereocenters. The van der Waals surface area contributed by atoms with Crippen molar-refractivity contribution in [1.82, 2.24) is 20.3 Å². The zero-order chi connectivity index (χ0) is 8.39. The Hall–Kier alpha value is -0.900. The second-order valence-corrected chi connectivity index (χ2v) is 3.15. The lowest BCUT2D eigenvalue weighted by Crippen LogP contribution is -2.13. The summed E-state index contributed by atoms with van der Waals surface area (Å²) in [7, 11) is 0. The predicted molar refractivity (Wildman–Crippen MR) is 45.7 cm³/mol. The Morgan fingerprint density at radius 2 is 2.67 bits per heavy atom. The second kappa shape index (κ2) is 3.23. The largest absolute Gasteiger partial charge is 0.309 e. The molecule has 1 aliphatic heterocycles. The SMILES string of the molecule is CCn1cc(C2CCCN2)nn1. The van der Waals surface area contributed by atoms with Gasteiger partial charge in [-0.05, 0) is 26.3 Å². The Morgan fingerprint density at radius 1 is 1.75 bits per heavy atom. The van der Waals surface area contributed by atoms with Gasteiger partial charge in [0.15, 0.2) is 0 Å². The fourth-order valence-corrected chi connectivity index (χ4v) is 1.56. The molecule has 1 saturated heterocycles. The number of hydrogen-bond donors (Lipinski definition) is 1. The number of nitrogens with zero attached hydrogens (tertiary/aromatic N) is 3. The average Bonchev–Trinajstić information content (AvgIpc) is 2.75. The standard InChI is InChI=1S/C8H14N4/c1-2-12-6-8(10-11-12)7-4-3-5-9-7/h6-7,9H,2-5H2,1H3. The van der Waals surface area contributed by atoms with Gasteiger partial charge in [-0.1, -0.05) is 5.21 Å². The van der Waals surface area contributed by atoms with Gasteiger partial charge in [-0.2, -0.15) is 0 Å². The topological polar surface area (TPSA) is 42.7 Å². The quantitative estimate of drug-likeness (QED) is 0.704. The molecule has 1 aromatic rings. The molecule has 0 bridgehead atoms. The number of aryl methyl sites for hydroxylation is 1. The van der Waals surface area contributed by atoms with Gasteiger partial charge >= 0.3 is 0 Å². The van der Waals surface area contributed by atoms with Crippen molar-refractivity contribution in [3.63, 3.8) is 0 Å². The van der Waals surface area contributed by atoms with Gasteiger partial charge in [-0.3, -0.25) is 4.68 Å². The first-order chi connectivity index (χ1) is 5.90. The highest BCUT2D eigenvalue weighted by atomic mass is 15.4. The van der Waals surface area contributed by atoms with E-state index in [1.807, 2.05) is 10.9 Å². The first-order valence-corrected chi connectivity index (χ1v) is 4.53. The molecule has 4 heteroatoms. The molecule has 1 unspecified atom stereocenters. The Bertz CT molecular complexity index is 249. The second-order valence-electron chi connectivity index (χ2n) is 3.15. The molecule has 1 N–H and O–H groups in total. The van der Waals surface area contributed by atoms with Crippen LogP contribution in [-0.2, 0) is 6.54 Å². The molecule has 2 heterocycles. The summed E-state index contributed by atoms with van der Waals surface area (Å²) >= 11 is 0. The van der Waals surface area contributed by atoms with E-state index >= 15 is 0 Å². The third-order valence-corrected chi connectivity index (χ3v) is 2.30. The van der Waals surface area contributed by atoms with Crippen LogP contribution in [0.25, 0.3) is 0 Å². The fraction of sp³-hybridized carbons (Fsp3) is 0.750. The van der Waals surface area contributed by atoms with Crippen LogP contribution in [0.5, 0.6) is 0 Å². The summed E-state index contributed by atoms with van der Waals surface area (Å²) in [6, 6.07) is 0.449. The molecule has 0 radical (unpaired) electrons. The molecule has 0 amide bonds. The molecule has 0 spiro atoms. The summed E-state index contributed by atoms with van der Waals surface area (Å²) in [6.07, 6.45) is 4.48.